The van der Waals surface area contributed by atoms with E-state index in [0.717, 1.165) is 33.9 Å². The molecular formula is C15H14N4. The smallest absolute Gasteiger partial charge is 0.131 e. The first-order chi connectivity index (χ1) is 9.20. The minimum Gasteiger partial charge on any atom is -0.340 e. The van der Waals surface area contributed by atoms with Crippen LogP contribution in [0.5, 0.6) is 0 Å². The van der Waals surface area contributed by atoms with Gasteiger partial charge in [-0.15, -0.1) is 0 Å². The highest BCUT2D eigenvalue weighted by atomic mass is 15.0. The quantitative estimate of drug-likeness (QED) is 0.757. The molecule has 19 heavy (non-hydrogen) atoms. The third kappa shape index (κ3) is 2.52. The van der Waals surface area contributed by atoms with Crippen molar-refractivity contribution < 1.29 is 0 Å². The molecule has 0 unspecified atom stereocenters. The number of aromatic nitrogens is 3. The van der Waals surface area contributed by atoms with E-state index in [1.165, 1.54) is 0 Å². The molecule has 0 saturated carbocycles. The van der Waals surface area contributed by atoms with Crippen molar-refractivity contribution in [3.63, 3.8) is 0 Å². The van der Waals surface area contributed by atoms with E-state index in [-0.39, 0.29) is 0 Å². The van der Waals surface area contributed by atoms with E-state index in [2.05, 4.69) is 20.3 Å². The molecule has 0 radical (unpaired) electrons. The Labute approximate surface area is 111 Å². The van der Waals surface area contributed by atoms with E-state index in [0.29, 0.717) is 0 Å². The van der Waals surface area contributed by atoms with E-state index in [9.17, 15) is 0 Å². The highest BCUT2D eigenvalue weighted by molar-refractivity contribution is 5.77. The zero-order chi connectivity index (χ0) is 13.2. The summed E-state index contributed by atoms with van der Waals surface area (Å²) in [5, 5.41) is 3.27. The van der Waals surface area contributed by atoms with Gasteiger partial charge in [0.2, 0.25) is 0 Å². The van der Waals surface area contributed by atoms with Crippen LogP contribution in [0.25, 0.3) is 11.0 Å². The second kappa shape index (κ2) is 4.65. The monoisotopic (exact) mass is 250 g/mol. The molecule has 3 heterocycles. The minimum absolute atomic E-state index is 0.809. The fourth-order valence-electron chi connectivity index (χ4n) is 1.95. The van der Waals surface area contributed by atoms with Gasteiger partial charge in [-0.2, -0.15) is 0 Å². The summed E-state index contributed by atoms with van der Waals surface area (Å²) >= 11 is 0. The summed E-state index contributed by atoms with van der Waals surface area (Å²) in [6.07, 6.45) is 1.78. The van der Waals surface area contributed by atoms with Crippen LogP contribution in [0.1, 0.15) is 11.4 Å². The number of nitrogens with one attached hydrogen (secondary N) is 1. The molecule has 4 heteroatoms. The molecule has 0 amide bonds. The van der Waals surface area contributed by atoms with Crippen LogP contribution in [0.15, 0.2) is 42.6 Å². The second-order valence-corrected chi connectivity index (χ2v) is 4.50. The SMILES string of the molecule is Cc1cc(Nc2ccc3nc(C)ccc3n2)ccn1. The first-order valence-corrected chi connectivity index (χ1v) is 6.15. The van der Waals surface area contributed by atoms with Crippen molar-refractivity contribution in [1.29, 1.82) is 0 Å². The summed E-state index contributed by atoms with van der Waals surface area (Å²) in [7, 11) is 0. The Bertz CT molecular complexity index is 737. The zero-order valence-electron chi connectivity index (χ0n) is 10.9. The Morgan fingerprint density at radius 2 is 1.63 bits per heavy atom. The third-order valence-electron chi connectivity index (χ3n) is 2.85. The first-order valence-electron chi connectivity index (χ1n) is 6.15. The van der Waals surface area contributed by atoms with Crippen LogP contribution in [0, 0.1) is 13.8 Å². The molecule has 1 N–H and O–H groups in total. The molecule has 3 rings (SSSR count). The number of pyridine rings is 3. The molecule has 3 aromatic rings. The van der Waals surface area contributed by atoms with Crippen molar-refractivity contribution in [1.82, 2.24) is 15.0 Å². The second-order valence-electron chi connectivity index (χ2n) is 4.50. The summed E-state index contributed by atoms with van der Waals surface area (Å²) in [5.74, 6) is 0.809. The van der Waals surface area contributed by atoms with Crippen molar-refractivity contribution >= 4 is 22.5 Å². The van der Waals surface area contributed by atoms with Crippen LogP contribution in [0.4, 0.5) is 11.5 Å². The Morgan fingerprint density at radius 3 is 2.47 bits per heavy atom. The first kappa shape index (κ1) is 11.6. The molecule has 0 aliphatic heterocycles. The Balaban J connectivity index is 1.95. The van der Waals surface area contributed by atoms with Crippen molar-refractivity contribution in [3.05, 3.63) is 54.0 Å². The maximum atomic E-state index is 4.55. The van der Waals surface area contributed by atoms with Crippen LogP contribution in [-0.4, -0.2) is 15.0 Å². The Morgan fingerprint density at radius 1 is 0.842 bits per heavy atom. The van der Waals surface area contributed by atoms with Gasteiger partial charge in [0.15, 0.2) is 0 Å². The van der Waals surface area contributed by atoms with Gasteiger partial charge < -0.3 is 5.32 Å². The molecule has 94 valence electrons. The van der Waals surface area contributed by atoms with Crippen LogP contribution >= 0.6 is 0 Å². The molecule has 0 spiro atoms. The number of nitrogens with zero attached hydrogens (tertiary/aromatic N) is 3. The molecule has 0 aromatic carbocycles. The molecule has 4 nitrogen and oxygen atoms in total. The summed E-state index contributed by atoms with van der Waals surface area (Å²) in [4.78, 5) is 13.2. The molecule has 0 saturated heterocycles. The lowest BCUT2D eigenvalue weighted by molar-refractivity contribution is 1.20. The van der Waals surface area contributed by atoms with E-state index in [1.54, 1.807) is 6.20 Å². The maximum Gasteiger partial charge on any atom is 0.131 e. The van der Waals surface area contributed by atoms with Crippen LogP contribution < -0.4 is 5.32 Å². The number of fused-ring (bicyclic) bond motifs is 1. The Kier molecular flexibility index (Phi) is 2.83. The molecular weight excluding hydrogens is 236 g/mol. The van der Waals surface area contributed by atoms with Crippen LogP contribution in [0.2, 0.25) is 0 Å². The third-order valence-corrected chi connectivity index (χ3v) is 2.85. The number of aryl methyl sites for hydroxylation is 2. The summed E-state index contributed by atoms with van der Waals surface area (Å²) < 4.78 is 0. The van der Waals surface area contributed by atoms with Gasteiger partial charge in [0.25, 0.3) is 0 Å². The standard InChI is InChI=1S/C15H14N4/c1-10-3-4-14-13(17-10)5-6-15(19-14)18-12-7-8-16-11(2)9-12/h3-9H,1-2H3,(H,16,18,19). The van der Waals surface area contributed by atoms with Gasteiger partial charge in [-0.3, -0.25) is 9.97 Å². The van der Waals surface area contributed by atoms with Crippen molar-refractivity contribution in [2.24, 2.45) is 0 Å². The summed E-state index contributed by atoms with van der Waals surface area (Å²) in [6.45, 7) is 3.94. The van der Waals surface area contributed by atoms with Gasteiger partial charge >= 0.3 is 0 Å². The van der Waals surface area contributed by atoms with Gasteiger partial charge in [-0.25, -0.2) is 4.98 Å². The molecule has 0 atom stereocenters. The lowest BCUT2D eigenvalue weighted by Gasteiger charge is -2.07. The van der Waals surface area contributed by atoms with Gasteiger partial charge in [-0.05, 0) is 50.2 Å². The number of hydrogen-bond acceptors (Lipinski definition) is 4. The summed E-state index contributed by atoms with van der Waals surface area (Å²) in [5.41, 5.74) is 4.76. The molecule has 0 aliphatic rings. The van der Waals surface area contributed by atoms with Gasteiger partial charge in [0.1, 0.15) is 5.82 Å². The van der Waals surface area contributed by atoms with E-state index in [1.807, 2.05) is 50.2 Å². The molecule has 0 bridgehead atoms. The van der Waals surface area contributed by atoms with Crippen molar-refractivity contribution in [2.45, 2.75) is 13.8 Å². The number of anilines is 2. The van der Waals surface area contributed by atoms with E-state index in [4.69, 9.17) is 0 Å². The molecule has 3 aromatic heterocycles. The lowest BCUT2D eigenvalue weighted by atomic mass is 10.3. The van der Waals surface area contributed by atoms with Crippen LogP contribution in [-0.2, 0) is 0 Å². The van der Waals surface area contributed by atoms with E-state index < -0.39 is 0 Å². The van der Waals surface area contributed by atoms with Crippen molar-refractivity contribution in [2.75, 3.05) is 5.32 Å². The Hall–Kier alpha value is -2.49. The van der Waals surface area contributed by atoms with Gasteiger partial charge in [-0.1, -0.05) is 0 Å². The molecule has 0 aliphatic carbocycles. The lowest BCUT2D eigenvalue weighted by Crippen LogP contribution is -1.95. The van der Waals surface area contributed by atoms with Gasteiger partial charge in [0, 0.05) is 23.3 Å². The average Bonchev–Trinajstić information content (AvgIpc) is 2.39. The predicted octanol–water partition coefficient (Wildman–Crippen LogP) is 3.39. The fourth-order valence-corrected chi connectivity index (χ4v) is 1.95. The highest BCUT2D eigenvalue weighted by Crippen LogP contribution is 2.18. The topological polar surface area (TPSA) is 50.7 Å². The van der Waals surface area contributed by atoms with Gasteiger partial charge in [0.05, 0.1) is 11.0 Å². The highest BCUT2D eigenvalue weighted by Gasteiger charge is 2.01. The van der Waals surface area contributed by atoms with Crippen LogP contribution in [0.3, 0.4) is 0 Å². The fraction of sp³-hybridized carbons (Fsp3) is 0.133. The zero-order valence-corrected chi connectivity index (χ0v) is 10.9. The molecule has 0 fully saturated rings. The average molecular weight is 250 g/mol. The largest absolute Gasteiger partial charge is 0.340 e. The normalized spacial score (nSPS) is 10.6. The maximum absolute atomic E-state index is 4.55. The number of hydrogen-bond donors (Lipinski definition) is 1. The summed E-state index contributed by atoms with van der Waals surface area (Å²) in [6, 6.07) is 11.8. The minimum atomic E-state index is 0.809. The van der Waals surface area contributed by atoms with E-state index >= 15 is 0 Å². The number of rotatable bonds is 2. The predicted molar refractivity (Wildman–Crippen MR) is 76.5 cm³/mol. The van der Waals surface area contributed by atoms with Crippen molar-refractivity contribution in [3.8, 4) is 0 Å².